The zero-order valence-corrected chi connectivity index (χ0v) is 6.96. The van der Waals surface area contributed by atoms with Crippen molar-refractivity contribution in [3.05, 3.63) is 11.5 Å². The highest BCUT2D eigenvalue weighted by molar-refractivity contribution is 5.14. The number of hydrogen-bond donors (Lipinski definition) is 0. The fraction of sp³-hybridized carbons (Fsp3) is 0.571. The topological polar surface area (TPSA) is 47.9 Å². The van der Waals surface area contributed by atoms with Gasteiger partial charge in [-0.3, -0.25) is 0 Å². The lowest BCUT2D eigenvalue weighted by Crippen LogP contribution is -2.01. The SMILES string of the molecule is CCc1nnc(C)c(OC)n1. The Kier molecular flexibility index (Phi) is 2.36. The summed E-state index contributed by atoms with van der Waals surface area (Å²) in [7, 11) is 1.58. The summed E-state index contributed by atoms with van der Waals surface area (Å²) < 4.78 is 4.97. The van der Waals surface area contributed by atoms with Crippen molar-refractivity contribution in [2.45, 2.75) is 20.3 Å². The molecule has 0 atom stereocenters. The molecule has 1 aromatic rings. The highest BCUT2D eigenvalue weighted by Crippen LogP contribution is 2.08. The summed E-state index contributed by atoms with van der Waals surface area (Å²) in [6.07, 6.45) is 0.781. The van der Waals surface area contributed by atoms with Crippen molar-refractivity contribution in [3.8, 4) is 5.88 Å². The van der Waals surface area contributed by atoms with Gasteiger partial charge in [0.2, 0.25) is 5.88 Å². The molecular formula is C7H11N3O. The summed E-state index contributed by atoms with van der Waals surface area (Å²) in [6.45, 7) is 3.80. The van der Waals surface area contributed by atoms with Gasteiger partial charge in [0.15, 0.2) is 5.82 Å². The Morgan fingerprint density at radius 3 is 2.64 bits per heavy atom. The molecule has 0 N–H and O–H groups in total. The highest BCUT2D eigenvalue weighted by Gasteiger charge is 2.02. The summed E-state index contributed by atoms with van der Waals surface area (Å²) >= 11 is 0. The van der Waals surface area contributed by atoms with Gasteiger partial charge in [0.05, 0.1) is 7.11 Å². The van der Waals surface area contributed by atoms with Crippen LogP contribution in [0, 0.1) is 6.92 Å². The van der Waals surface area contributed by atoms with Crippen molar-refractivity contribution in [1.82, 2.24) is 15.2 Å². The number of methoxy groups -OCH3 is 1. The van der Waals surface area contributed by atoms with Gasteiger partial charge < -0.3 is 4.74 Å². The molecule has 1 aromatic heterocycles. The van der Waals surface area contributed by atoms with Crippen LogP contribution in [0.4, 0.5) is 0 Å². The van der Waals surface area contributed by atoms with E-state index in [1.165, 1.54) is 0 Å². The molecule has 0 amide bonds. The third-order valence-electron chi connectivity index (χ3n) is 1.37. The minimum atomic E-state index is 0.567. The van der Waals surface area contributed by atoms with Gasteiger partial charge >= 0.3 is 0 Å². The molecule has 0 spiro atoms. The van der Waals surface area contributed by atoms with E-state index in [-0.39, 0.29) is 0 Å². The average molecular weight is 153 g/mol. The molecule has 0 aliphatic rings. The second-order valence-corrected chi connectivity index (χ2v) is 2.18. The Balaban J connectivity index is 3.02. The molecule has 0 unspecified atom stereocenters. The van der Waals surface area contributed by atoms with Crippen LogP contribution < -0.4 is 4.74 Å². The maximum atomic E-state index is 4.97. The Morgan fingerprint density at radius 1 is 1.36 bits per heavy atom. The molecule has 1 heterocycles. The second-order valence-electron chi connectivity index (χ2n) is 2.18. The van der Waals surface area contributed by atoms with E-state index in [0.717, 1.165) is 12.1 Å². The molecule has 0 fully saturated rings. The Morgan fingerprint density at radius 2 is 2.09 bits per heavy atom. The largest absolute Gasteiger partial charge is 0.480 e. The van der Waals surface area contributed by atoms with Gasteiger partial charge in [-0.2, -0.15) is 4.98 Å². The van der Waals surface area contributed by atoms with E-state index in [4.69, 9.17) is 4.74 Å². The molecule has 1 rings (SSSR count). The molecule has 60 valence electrons. The van der Waals surface area contributed by atoms with E-state index in [1.54, 1.807) is 7.11 Å². The normalized spacial score (nSPS) is 9.73. The second kappa shape index (κ2) is 3.27. The summed E-state index contributed by atoms with van der Waals surface area (Å²) in [5, 5.41) is 7.75. The van der Waals surface area contributed by atoms with Crippen LogP contribution in [0.3, 0.4) is 0 Å². The van der Waals surface area contributed by atoms with Gasteiger partial charge in [0.1, 0.15) is 5.69 Å². The van der Waals surface area contributed by atoms with Gasteiger partial charge in [0, 0.05) is 6.42 Å². The number of aryl methyl sites for hydroxylation is 2. The zero-order valence-electron chi connectivity index (χ0n) is 6.96. The predicted octanol–water partition coefficient (Wildman–Crippen LogP) is 0.751. The van der Waals surface area contributed by atoms with E-state index in [0.29, 0.717) is 11.7 Å². The minimum absolute atomic E-state index is 0.567. The fourth-order valence-corrected chi connectivity index (χ4v) is 0.739. The van der Waals surface area contributed by atoms with Crippen LogP contribution in [0.25, 0.3) is 0 Å². The Hall–Kier alpha value is -1.19. The highest BCUT2D eigenvalue weighted by atomic mass is 16.5. The lowest BCUT2D eigenvalue weighted by molar-refractivity contribution is 0.386. The first-order valence-corrected chi connectivity index (χ1v) is 3.52. The van der Waals surface area contributed by atoms with E-state index < -0.39 is 0 Å². The molecule has 4 heteroatoms. The summed E-state index contributed by atoms with van der Waals surface area (Å²) in [4.78, 5) is 4.11. The van der Waals surface area contributed by atoms with Gasteiger partial charge in [-0.05, 0) is 6.92 Å². The maximum absolute atomic E-state index is 4.97. The van der Waals surface area contributed by atoms with Crippen LogP contribution in [0.15, 0.2) is 0 Å². The van der Waals surface area contributed by atoms with Crippen molar-refractivity contribution in [2.24, 2.45) is 0 Å². The van der Waals surface area contributed by atoms with E-state index in [1.807, 2.05) is 13.8 Å². The lowest BCUT2D eigenvalue weighted by atomic mass is 10.4. The zero-order chi connectivity index (χ0) is 8.27. The van der Waals surface area contributed by atoms with Crippen LogP contribution in [0.5, 0.6) is 5.88 Å². The smallest absolute Gasteiger partial charge is 0.238 e. The molecule has 0 saturated carbocycles. The monoisotopic (exact) mass is 153 g/mol. The Bertz CT molecular complexity index is 249. The number of ether oxygens (including phenoxy) is 1. The number of nitrogens with zero attached hydrogens (tertiary/aromatic N) is 3. The molecule has 11 heavy (non-hydrogen) atoms. The van der Waals surface area contributed by atoms with Crippen molar-refractivity contribution < 1.29 is 4.74 Å². The average Bonchev–Trinajstić information content (AvgIpc) is 2.05. The number of rotatable bonds is 2. The van der Waals surface area contributed by atoms with E-state index >= 15 is 0 Å². The van der Waals surface area contributed by atoms with Gasteiger partial charge in [0.25, 0.3) is 0 Å². The van der Waals surface area contributed by atoms with E-state index in [9.17, 15) is 0 Å². The molecule has 0 aliphatic heterocycles. The third kappa shape index (κ3) is 1.63. The molecule has 4 nitrogen and oxygen atoms in total. The van der Waals surface area contributed by atoms with Crippen LogP contribution in [-0.4, -0.2) is 22.3 Å². The van der Waals surface area contributed by atoms with Gasteiger partial charge in [-0.15, -0.1) is 10.2 Å². The standard InChI is InChI=1S/C7H11N3O/c1-4-6-8-7(11-3)5(2)9-10-6/h4H2,1-3H3. The van der Waals surface area contributed by atoms with Crippen LogP contribution in [0.1, 0.15) is 18.4 Å². The maximum Gasteiger partial charge on any atom is 0.238 e. The quantitative estimate of drug-likeness (QED) is 0.629. The molecule has 0 bridgehead atoms. The van der Waals surface area contributed by atoms with Gasteiger partial charge in [-0.25, -0.2) is 0 Å². The van der Waals surface area contributed by atoms with Crippen molar-refractivity contribution in [3.63, 3.8) is 0 Å². The first kappa shape index (κ1) is 7.91. The summed E-state index contributed by atoms with van der Waals surface area (Å²) in [5.41, 5.74) is 0.727. The predicted molar refractivity (Wildman–Crippen MR) is 40.5 cm³/mol. The van der Waals surface area contributed by atoms with E-state index in [2.05, 4.69) is 15.2 Å². The number of aromatic nitrogens is 3. The first-order valence-electron chi connectivity index (χ1n) is 3.52. The fourth-order valence-electron chi connectivity index (χ4n) is 0.739. The molecule has 0 saturated heterocycles. The molecule has 0 aliphatic carbocycles. The number of hydrogen-bond acceptors (Lipinski definition) is 4. The first-order chi connectivity index (χ1) is 5.27. The molecular weight excluding hydrogens is 142 g/mol. The lowest BCUT2D eigenvalue weighted by Gasteiger charge is -2.01. The van der Waals surface area contributed by atoms with Gasteiger partial charge in [-0.1, -0.05) is 6.92 Å². The molecule has 0 radical (unpaired) electrons. The van der Waals surface area contributed by atoms with Crippen LogP contribution in [-0.2, 0) is 6.42 Å². The summed E-state index contributed by atoms with van der Waals surface area (Å²) in [5.74, 6) is 1.28. The third-order valence-corrected chi connectivity index (χ3v) is 1.37. The van der Waals surface area contributed by atoms with Crippen molar-refractivity contribution in [2.75, 3.05) is 7.11 Å². The van der Waals surface area contributed by atoms with Crippen molar-refractivity contribution >= 4 is 0 Å². The Labute approximate surface area is 65.6 Å². The minimum Gasteiger partial charge on any atom is -0.480 e. The molecule has 0 aromatic carbocycles. The van der Waals surface area contributed by atoms with Crippen LogP contribution >= 0.6 is 0 Å². The summed E-state index contributed by atoms with van der Waals surface area (Å²) in [6, 6.07) is 0. The van der Waals surface area contributed by atoms with Crippen molar-refractivity contribution in [1.29, 1.82) is 0 Å². The van der Waals surface area contributed by atoms with Crippen LogP contribution in [0.2, 0.25) is 0 Å².